The van der Waals surface area contributed by atoms with Crippen molar-refractivity contribution in [1.29, 1.82) is 0 Å². The van der Waals surface area contributed by atoms with E-state index in [0.29, 0.717) is 5.56 Å². The molecule has 1 atom stereocenters. The van der Waals surface area contributed by atoms with E-state index in [0.717, 1.165) is 31.6 Å². The number of rotatable bonds is 3. The molecule has 0 saturated carbocycles. The minimum atomic E-state index is -1.18. The lowest BCUT2D eigenvalue weighted by Crippen LogP contribution is -2.26. The molecule has 0 spiro atoms. The molecule has 92 valence electrons. The van der Waals surface area contributed by atoms with Crippen molar-refractivity contribution in [1.82, 2.24) is 0 Å². The van der Waals surface area contributed by atoms with Crippen LogP contribution in [0.25, 0.3) is 0 Å². The number of nitrogens with zero attached hydrogens (tertiary/aromatic N) is 1. The molecule has 0 aliphatic carbocycles. The third-order valence-corrected chi connectivity index (χ3v) is 3.04. The average molecular weight is 238 g/mol. The van der Waals surface area contributed by atoms with Gasteiger partial charge in [0, 0.05) is 24.3 Å². The first-order valence-electron chi connectivity index (χ1n) is 5.62. The monoisotopic (exact) mass is 238 g/mol. The number of anilines is 1. The Kier molecular flexibility index (Phi) is 3.28. The molecule has 1 aromatic rings. The number of halogens is 1. The van der Waals surface area contributed by atoms with Gasteiger partial charge in [-0.15, -0.1) is 0 Å². The molecule has 17 heavy (non-hydrogen) atoms. The molecular formula is C12H15FN2O2. The van der Waals surface area contributed by atoms with E-state index in [-0.39, 0.29) is 0 Å². The second kappa shape index (κ2) is 4.71. The first kappa shape index (κ1) is 11.9. The molecule has 0 radical (unpaired) electrons. The fraction of sp³-hybridized carbons (Fsp3) is 0.417. The van der Waals surface area contributed by atoms with Gasteiger partial charge >= 0.3 is 5.97 Å². The van der Waals surface area contributed by atoms with Gasteiger partial charge in [0.15, 0.2) is 0 Å². The number of benzene rings is 1. The summed E-state index contributed by atoms with van der Waals surface area (Å²) in [5, 5.41) is 8.93. The minimum Gasteiger partial charge on any atom is -0.480 e. The molecule has 5 heteroatoms. The van der Waals surface area contributed by atoms with Crippen LogP contribution in [-0.4, -0.2) is 24.2 Å². The number of nitrogens with two attached hydrogens (primary N) is 1. The summed E-state index contributed by atoms with van der Waals surface area (Å²) in [5.74, 6) is -1.60. The minimum absolute atomic E-state index is 0.347. The molecule has 1 aliphatic rings. The van der Waals surface area contributed by atoms with E-state index < -0.39 is 17.8 Å². The molecule has 4 nitrogen and oxygen atoms in total. The summed E-state index contributed by atoms with van der Waals surface area (Å²) < 4.78 is 13.2. The molecule has 1 saturated heterocycles. The van der Waals surface area contributed by atoms with Gasteiger partial charge in [0.2, 0.25) is 0 Å². The van der Waals surface area contributed by atoms with E-state index in [1.54, 1.807) is 6.07 Å². The zero-order valence-electron chi connectivity index (χ0n) is 9.40. The zero-order chi connectivity index (χ0) is 12.4. The Labute approximate surface area is 98.8 Å². The number of aliphatic carboxylic acids is 1. The number of carboxylic acids is 1. The van der Waals surface area contributed by atoms with E-state index in [1.165, 1.54) is 12.1 Å². The Hall–Kier alpha value is -1.62. The fourth-order valence-corrected chi connectivity index (χ4v) is 2.15. The van der Waals surface area contributed by atoms with Gasteiger partial charge in [-0.1, -0.05) is 0 Å². The summed E-state index contributed by atoms with van der Waals surface area (Å²) in [6.45, 7) is 1.73. The lowest BCUT2D eigenvalue weighted by molar-refractivity contribution is -0.138. The summed E-state index contributed by atoms with van der Waals surface area (Å²) in [7, 11) is 0. The Morgan fingerprint density at radius 2 is 2.06 bits per heavy atom. The van der Waals surface area contributed by atoms with Crippen molar-refractivity contribution >= 4 is 11.7 Å². The van der Waals surface area contributed by atoms with Crippen LogP contribution in [-0.2, 0) is 4.79 Å². The number of hydrogen-bond donors (Lipinski definition) is 2. The highest BCUT2D eigenvalue weighted by molar-refractivity contribution is 5.78. The predicted octanol–water partition coefficient (Wildman–Crippen LogP) is 1.51. The second-order valence-electron chi connectivity index (χ2n) is 4.21. The third-order valence-electron chi connectivity index (χ3n) is 3.04. The Bertz CT molecular complexity index is 431. The second-order valence-corrected chi connectivity index (χ2v) is 4.21. The van der Waals surface area contributed by atoms with E-state index in [1.807, 2.05) is 0 Å². The normalized spacial score (nSPS) is 17.2. The molecule has 1 fully saturated rings. The maximum absolute atomic E-state index is 13.2. The van der Waals surface area contributed by atoms with Crippen molar-refractivity contribution in [3.8, 4) is 0 Å². The van der Waals surface area contributed by atoms with E-state index in [2.05, 4.69) is 4.90 Å². The third kappa shape index (κ3) is 2.39. The van der Waals surface area contributed by atoms with Crippen LogP contribution in [0.4, 0.5) is 10.1 Å². The number of carboxylic acid groups (broad SMARTS) is 1. The Morgan fingerprint density at radius 1 is 1.41 bits per heavy atom. The molecule has 1 aliphatic heterocycles. The number of hydrogen-bond acceptors (Lipinski definition) is 3. The lowest BCUT2D eigenvalue weighted by atomic mass is 10.0. The smallest absolute Gasteiger partial charge is 0.325 e. The Morgan fingerprint density at radius 3 is 2.65 bits per heavy atom. The van der Waals surface area contributed by atoms with Crippen LogP contribution in [0.15, 0.2) is 18.2 Å². The first-order chi connectivity index (χ1) is 8.09. The molecule has 2 rings (SSSR count). The lowest BCUT2D eigenvalue weighted by Gasteiger charge is -2.23. The van der Waals surface area contributed by atoms with Crippen molar-refractivity contribution in [3.63, 3.8) is 0 Å². The van der Waals surface area contributed by atoms with Gasteiger partial charge in [-0.25, -0.2) is 4.39 Å². The van der Waals surface area contributed by atoms with Crippen LogP contribution in [0.1, 0.15) is 24.4 Å². The van der Waals surface area contributed by atoms with Crippen LogP contribution < -0.4 is 10.6 Å². The van der Waals surface area contributed by atoms with Crippen LogP contribution in [0, 0.1) is 5.82 Å². The fourth-order valence-electron chi connectivity index (χ4n) is 2.15. The van der Waals surface area contributed by atoms with Crippen molar-refractivity contribution in [2.75, 3.05) is 18.0 Å². The highest BCUT2D eigenvalue weighted by Gasteiger charge is 2.23. The molecular weight excluding hydrogens is 223 g/mol. The highest BCUT2D eigenvalue weighted by Crippen LogP contribution is 2.29. The summed E-state index contributed by atoms with van der Waals surface area (Å²) in [5.41, 5.74) is 6.66. The average Bonchev–Trinajstić information content (AvgIpc) is 2.81. The largest absolute Gasteiger partial charge is 0.480 e. The molecule has 0 amide bonds. The molecule has 1 unspecified atom stereocenters. The standard InChI is InChI=1S/C12H15FN2O2/c13-8-3-4-10(15-5-1-2-6-15)9(7-8)11(14)12(16)17/h3-4,7,11H,1-2,5-6,14H2,(H,16,17). The quantitative estimate of drug-likeness (QED) is 0.837. The number of carbonyl (C=O) groups is 1. The first-order valence-corrected chi connectivity index (χ1v) is 5.62. The summed E-state index contributed by atoms with van der Waals surface area (Å²) in [6, 6.07) is 2.98. The van der Waals surface area contributed by atoms with Gasteiger partial charge in [-0.05, 0) is 31.0 Å². The van der Waals surface area contributed by atoms with Crippen molar-refractivity contribution in [3.05, 3.63) is 29.6 Å². The van der Waals surface area contributed by atoms with Gasteiger partial charge in [-0.3, -0.25) is 4.79 Å². The zero-order valence-corrected chi connectivity index (χ0v) is 9.40. The summed E-state index contributed by atoms with van der Waals surface area (Å²) >= 11 is 0. The van der Waals surface area contributed by atoms with Crippen LogP contribution in [0.3, 0.4) is 0 Å². The van der Waals surface area contributed by atoms with Gasteiger partial charge < -0.3 is 15.7 Å². The van der Waals surface area contributed by atoms with Crippen molar-refractivity contribution in [2.45, 2.75) is 18.9 Å². The summed E-state index contributed by atoms with van der Waals surface area (Å²) in [6.07, 6.45) is 2.14. The van der Waals surface area contributed by atoms with Crippen molar-refractivity contribution in [2.24, 2.45) is 5.73 Å². The Balaban J connectivity index is 2.39. The molecule has 3 N–H and O–H groups in total. The topological polar surface area (TPSA) is 66.6 Å². The highest BCUT2D eigenvalue weighted by atomic mass is 19.1. The summed E-state index contributed by atoms with van der Waals surface area (Å²) in [4.78, 5) is 13.0. The van der Waals surface area contributed by atoms with Gasteiger partial charge in [0.05, 0.1) is 0 Å². The molecule has 1 aromatic carbocycles. The molecule has 0 aromatic heterocycles. The van der Waals surface area contributed by atoms with E-state index in [9.17, 15) is 9.18 Å². The van der Waals surface area contributed by atoms with Gasteiger partial charge in [0.1, 0.15) is 11.9 Å². The maximum Gasteiger partial charge on any atom is 0.325 e. The molecule has 0 bridgehead atoms. The van der Waals surface area contributed by atoms with Gasteiger partial charge in [-0.2, -0.15) is 0 Å². The van der Waals surface area contributed by atoms with Gasteiger partial charge in [0.25, 0.3) is 0 Å². The predicted molar refractivity (Wildman–Crippen MR) is 62.4 cm³/mol. The van der Waals surface area contributed by atoms with Crippen molar-refractivity contribution < 1.29 is 14.3 Å². The van der Waals surface area contributed by atoms with Crippen LogP contribution in [0.5, 0.6) is 0 Å². The van der Waals surface area contributed by atoms with E-state index in [4.69, 9.17) is 10.8 Å². The maximum atomic E-state index is 13.2. The van der Waals surface area contributed by atoms with E-state index >= 15 is 0 Å². The molecule has 1 heterocycles. The SMILES string of the molecule is NC(C(=O)O)c1cc(F)ccc1N1CCCC1. The van der Waals surface area contributed by atoms with Crippen LogP contribution >= 0.6 is 0 Å². The van der Waals surface area contributed by atoms with Crippen LogP contribution in [0.2, 0.25) is 0 Å².